The first kappa shape index (κ1) is 13.9. The van der Waals surface area contributed by atoms with Crippen LogP contribution in [-0.4, -0.2) is 17.6 Å². The van der Waals surface area contributed by atoms with Crippen LogP contribution in [0.1, 0.15) is 12.5 Å². The number of hydrogen-bond donors (Lipinski definition) is 2. The Morgan fingerprint density at radius 1 is 1.10 bits per heavy atom. The minimum absolute atomic E-state index is 0.0974. The highest BCUT2D eigenvalue weighted by Gasteiger charge is 2.04. The smallest absolute Gasteiger partial charge is 0.228 e. The maximum atomic E-state index is 11.9. The number of ether oxygens (including phenoxy) is 1. The summed E-state index contributed by atoms with van der Waals surface area (Å²) in [7, 11) is 0. The van der Waals surface area contributed by atoms with E-state index in [1.54, 1.807) is 12.1 Å². The molecule has 2 aromatic rings. The van der Waals surface area contributed by atoms with Crippen molar-refractivity contribution in [3.05, 3.63) is 54.1 Å². The number of aromatic hydroxyl groups is 1. The number of anilines is 1. The third-order valence-electron chi connectivity index (χ3n) is 2.75. The van der Waals surface area contributed by atoms with E-state index in [0.717, 1.165) is 11.3 Å². The normalized spacial score (nSPS) is 10.1. The van der Waals surface area contributed by atoms with E-state index in [2.05, 4.69) is 5.32 Å². The molecule has 0 unspecified atom stereocenters. The van der Waals surface area contributed by atoms with Gasteiger partial charge in [0.15, 0.2) is 0 Å². The van der Waals surface area contributed by atoms with Crippen molar-refractivity contribution in [2.45, 2.75) is 13.3 Å². The van der Waals surface area contributed by atoms with E-state index in [0.29, 0.717) is 18.7 Å². The van der Waals surface area contributed by atoms with Gasteiger partial charge in [-0.05, 0) is 48.9 Å². The summed E-state index contributed by atoms with van der Waals surface area (Å²) in [5.41, 5.74) is 1.59. The van der Waals surface area contributed by atoms with Crippen molar-refractivity contribution >= 4 is 11.6 Å². The van der Waals surface area contributed by atoms with Crippen LogP contribution >= 0.6 is 0 Å². The third kappa shape index (κ3) is 4.02. The Bertz CT molecular complexity index is 561. The molecule has 0 aliphatic heterocycles. The average molecular weight is 271 g/mol. The molecule has 0 saturated heterocycles. The van der Waals surface area contributed by atoms with Crippen LogP contribution in [0, 0.1) is 0 Å². The highest BCUT2D eigenvalue weighted by Crippen LogP contribution is 2.15. The lowest BCUT2D eigenvalue weighted by Crippen LogP contribution is -2.14. The van der Waals surface area contributed by atoms with Gasteiger partial charge in [-0.2, -0.15) is 0 Å². The zero-order valence-corrected chi connectivity index (χ0v) is 11.3. The molecular formula is C16H17NO3. The summed E-state index contributed by atoms with van der Waals surface area (Å²) in [5.74, 6) is 0.879. The zero-order valence-electron chi connectivity index (χ0n) is 11.3. The van der Waals surface area contributed by atoms with Gasteiger partial charge in [-0.15, -0.1) is 0 Å². The lowest BCUT2D eigenvalue weighted by Gasteiger charge is -2.07. The Labute approximate surface area is 118 Å². The number of hydrogen-bond acceptors (Lipinski definition) is 3. The summed E-state index contributed by atoms with van der Waals surface area (Å²) in [6, 6.07) is 13.8. The Hall–Kier alpha value is -2.49. The van der Waals surface area contributed by atoms with Crippen molar-refractivity contribution in [3.8, 4) is 11.5 Å². The molecule has 0 radical (unpaired) electrons. The molecule has 0 bridgehead atoms. The lowest BCUT2D eigenvalue weighted by atomic mass is 10.1. The van der Waals surface area contributed by atoms with Crippen molar-refractivity contribution < 1.29 is 14.6 Å². The summed E-state index contributed by atoms with van der Waals surface area (Å²) in [6.45, 7) is 2.56. The molecule has 0 aliphatic rings. The van der Waals surface area contributed by atoms with E-state index >= 15 is 0 Å². The maximum Gasteiger partial charge on any atom is 0.228 e. The molecule has 2 aromatic carbocycles. The molecule has 0 spiro atoms. The summed E-state index contributed by atoms with van der Waals surface area (Å²) < 4.78 is 5.35. The molecule has 4 nitrogen and oxygen atoms in total. The molecule has 20 heavy (non-hydrogen) atoms. The molecule has 0 aliphatic carbocycles. The van der Waals surface area contributed by atoms with Gasteiger partial charge in [0, 0.05) is 5.69 Å². The maximum absolute atomic E-state index is 11.9. The van der Waals surface area contributed by atoms with Crippen LogP contribution in [0.5, 0.6) is 11.5 Å². The Balaban J connectivity index is 1.92. The predicted molar refractivity (Wildman–Crippen MR) is 78.1 cm³/mol. The monoisotopic (exact) mass is 271 g/mol. The Morgan fingerprint density at radius 2 is 1.75 bits per heavy atom. The van der Waals surface area contributed by atoms with Gasteiger partial charge in [0.25, 0.3) is 0 Å². The number of phenols is 1. The van der Waals surface area contributed by atoms with Crippen LogP contribution in [-0.2, 0) is 11.2 Å². The van der Waals surface area contributed by atoms with E-state index in [1.807, 2.05) is 31.2 Å². The van der Waals surface area contributed by atoms with Crippen LogP contribution < -0.4 is 10.1 Å². The second kappa shape index (κ2) is 6.61. The number of amides is 1. The first-order valence-corrected chi connectivity index (χ1v) is 6.48. The van der Waals surface area contributed by atoms with Gasteiger partial charge < -0.3 is 15.2 Å². The van der Waals surface area contributed by atoms with Gasteiger partial charge >= 0.3 is 0 Å². The zero-order chi connectivity index (χ0) is 14.4. The number of phenolic OH excluding ortho intramolecular Hbond substituents is 1. The summed E-state index contributed by atoms with van der Waals surface area (Å²) >= 11 is 0. The van der Waals surface area contributed by atoms with Crippen molar-refractivity contribution in [2.24, 2.45) is 0 Å². The number of nitrogens with one attached hydrogen (secondary N) is 1. The molecule has 0 saturated carbocycles. The number of rotatable bonds is 5. The quantitative estimate of drug-likeness (QED) is 0.822. The molecule has 104 valence electrons. The first-order chi connectivity index (χ1) is 9.67. The van der Waals surface area contributed by atoms with Gasteiger partial charge in [-0.3, -0.25) is 4.79 Å². The fourth-order valence-corrected chi connectivity index (χ4v) is 1.81. The van der Waals surface area contributed by atoms with Crippen molar-refractivity contribution in [1.29, 1.82) is 0 Å². The molecule has 4 heteroatoms. The van der Waals surface area contributed by atoms with Crippen LogP contribution in [0.4, 0.5) is 5.69 Å². The van der Waals surface area contributed by atoms with Gasteiger partial charge in [0.2, 0.25) is 5.91 Å². The lowest BCUT2D eigenvalue weighted by molar-refractivity contribution is -0.115. The first-order valence-electron chi connectivity index (χ1n) is 6.48. The van der Waals surface area contributed by atoms with E-state index in [4.69, 9.17) is 4.74 Å². The molecular weight excluding hydrogens is 254 g/mol. The van der Waals surface area contributed by atoms with Crippen molar-refractivity contribution in [1.82, 2.24) is 0 Å². The molecule has 2 rings (SSSR count). The number of carbonyl (C=O) groups excluding carboxylic acids is 1. The minimum atomic E-state index is -0.0974. The van der Waals surface area contributed by atoms with Crippen molar-refractivity contribution in [3.63, 3.8) is 0 Å². The van der Waals surface area contributed by atoms with Gasteiger partial charge in [-0.25, -0.2) is 0 Å². The highest BCUT2D eigenvalue weighted by atomic mass is 16.5. The van der Waals surface area contributed by atoms with E-state index in [-0.39, 0.29) is 11.7 Å². The second-order valence-electron chi connectivity index (χ2n) is 4.35. The average Bonchev–Trinajstić information content (AvgIpc) is 2.44. The van der Waals surface area contributed by atoms with Crippen LogP contribution in [0.2, 0.25) is 0 Å². The molecule has 2 N–H and O–H groups in total. The largest absolute Gasteiger partial charge is 0.508 e. The fourth-order valence-electron chi connectivity index (χ4n) is 1.81. The van der Waals surface area contributed by atoms with E-state index in [1.165, 1.54) is 12.1 Å². The Kier molecular flexibility index (Phi) is 4.60. The predicted octanol–water partition coefficient (Wildman–Crippen LogP) is 2.97. The molecule has 0 fully saturated rings. The third-order valence-corrected chi connectivity index (χ3v) is 2.75. The summed E-state index contributed by atoms with van der Waals surface area (Å²) in [5, 5.41) is 11.9. The standard InChI is InChI=1S/C16H17NO3/c1-2-20-15-9-3-12(4-10-15)11-16(19)17-13-5-7-14(18)8-6-13/h3-10,18H,2,11H2,1H3,(H,17,19). The van der Waals surface area contributed by atoms with Gasteiger partial charge in [0.05, 0.1) is 13.0 Å². The molecule has 1 amide bonds. The second-order valence-corrected chi connectivity index (χ2v) is 4.35. The summed E-state index contributed by atoms with van der Waals surface area (Å²) in [6.07, 6.45) is 0.299. The van der Waals surface area contributed by atoms with E-state index in [9.17, 15) is 9.90 Å². The summed E-state index contributed by atoms with van der Waals surface area (Å²) in [4.78, 5) is 11.9. The van der Waals surface area contributed by atoms with Crippen LogP contribution in [0.3, 0.4) is 0 Å². The van der Waals surface area contributed by atoms with Crippen molar-refractivity contribution in [2.75, 3.05) is 11.9 Å². The van der Waals surface area contributed by atoms with Crippen LogP contribution in [0.15, 0.2) is 48.5 Å². The van der Waals surface area contributed by atoms with Gasteiger partial charge in [0.1, 0.15) is 11.5 Å². The number of benzene rings is 2. The minimum Gasteiger partial charge on any atom is -0.508 e. The topological polar surface area (TPSA) is 58.6 Å². The number of carbonyl (C=O) groups is 1. The highest BCUT2D eigenvalue weighted by molar-refractivity contribution is 5.92. The van der Waals surface area contributed by atoms with E-state index < -0.39 is 0 Å². The van der Waals surface area contributed by atoms with Crippen LogP contribution in [0.25, 0.3) is 0 Å². The molecule has 0 heterocycles. The molecule has 0 aromatic heterocycles. The SMILES string of the molecule is CCOc1ccc(CC(=O)Nc2ccc(O)cc2)cc1. The van der Waals surface area contributed by atoms with Gasteiger partial charge in [-0.1, -0.05) is 12.1 Å². The molecule has 0 atom stereocenters. The Morgan fingerprint density at radius 3 is 2.35 bits per heavy atom. The fraction of sp³-hybridized carbons (Fsp3) is 0.188.